The first kappa shape index (κ1) is 14.3. The van der Waals surface area contributed by atoms with Crippen LogP contribution < -0.4 is 4.72 Å². The van der Waals surface area contributed by atoms with E-state index in [0.29, 0.717) is 5.75 Å². The van der Waals surface area contributed by atoms with Gasteiger partial charge in [0.2, 0.25) is 0 Å². The fraction of sp³-hybridized carbons (Fsp3) is 0.400. The van der Waals surface area contributed by atoms with Crippen molar-refractivity contribution in [1.82, 2.24) is 4.72 Å². The number of sulfonamides is 1. The molecule has 1 fully saturated rings. The lowest BCUT2D eigenvalue weighted by molar-refractivity contribution is -0.142. The van der Waals surface area contributed by atoms with Gasteiger partial charge in [0.1, 0.15) is 20.7 Å². The summed E-state index contributed by atoms with van der Waals surface area (Å²) in [5.41, 5.74) is -1.44. The summed E-state index contributed by atoms with van der Waals surface area (Å²) in [6.07, 6.45) is 0.253. The van der Waals surface area contributed by atoms with Gasteiger partial charge in [0.05, 0.1) is 0 Å². The molecule has 0 amide bonds. The van der Waals surface area contributed by atoms with Crippen LogP contribution in [0.15, 0.2) is 16.3 Å². The quantitative estimate of drug-likeness (QED) is 0.852. The Hall–Kier alpha value is -1.08. The molecule has 0 aliphatic carbocycles. The summed E-state index contributed by atoms with van der Waals surface area (Å²) in [6.45, 7) is 0. The molecule has 1 unspecified atom stereocenters. The third kappa shape index (κ3) is 2.76. The van der Waals surface area contributed by atoms with Gasteiger partial charge < -0.3 is 5.11 Å². The molecule has 1 atom stereocenters. The fourth-order valence-electron chi connectivity index (χ4n) is 1.69. The molecule has 0 spiro atoms. The van der Waals surface area contributed by atoms with E-state index >= 15 is 0 Å². The zero-order valence-electron chi connectivity index (χ0n) is 9.62. The van der Waals surface area contributed by atoms with Crippen molar-refractivity contribution in [3.05, 3.63) is 17.0 Å². The number of carboxylic acid groups (broad SMARTS) is 1. The summed E-state index contributed by atoms with van der Waals surface area (Å²) in [6, 6.07) is 4.56. The number of carboxylic acids is 1. The van der Waals surface area contributed by atoms with Gasteiger partial charge in [-0.2, -0.15) is 21.7 Å². The first-order valence-electron chi connectivity index (χ1n) is 5.25. The SMILES string of the molecule is N#Cc1ccc(S(=O)(=O)NC2(C(=O)O)CCSC2)s1. The molecule has 9 heteroatoms. The second kappa shape index (κ2) is 5.13. The maximum absolute atomic E-state index is 12.1. The third-order valence-corrected chi connectivity index (χ3v) is 6.92. The Morgan fingerprint density at radius 1 is 1.53 bits per heavy atom. The topological polar surface area (TPSA) is 107 Å². The normalized spacial score (nSPS) is 23.1. The van der Waals surface area contributed by atoms with Gasteiger partial charge in [0.25, 0.3) is 10.0 Å². The second-order valence-electron chi connectivity index (χ2n) is 4.03. The molecular weight excluding hydrogens is 308 g/mol. The highest BCUT2D eigenvalue weighted by molar-refractivity contribution is 7.99. The molecule has 19 heavy (non-hydrogen) atoms. The van der Waals surface area contributed by atoms with E-state index in [0.717, 1.165) is 11.3 Å². The average molecular weight is 318 g/mol. The summed E-state index contributed by atoms with van der Waals surface area (Å²) in [4.78, 5) is 11.6. The molecule has 1 aromatic heterocycles. The van der Waals surface area contributed by atoms with E-state index in [1.54, 1.807) is 0 Å². The molecule has 0 bridgehead atoms. The van der Waals surface area contributed by atoms with Crippen LogP contribution in [0.5, 0.6) is 0 Å². The molecule has 102 valence electrons. The zero-order chi connectivity index (χ0) is 14.1. The van der Waals surface area contributed by atoms with Gasteiger partial charge in [-0.15, -0.1) is 11.3 Å². The average Bonchev–Trinajstić information content (AvgIpc) is 2.96. The molecule has 1 aromatic rings. The lowest BCUT2D eigenvalue weighted by atomic mass is 10.0. The highest BCUT2D eigenvalue weighted by Gasteiger charge is 2.45. The molecule has 0 aromatic carbocycles. The van der Waals surface area contributed by atoms with Gasteiger partial charge in [0.15, 0.2) is 0 Å². The number of rotatable bonds is 4. The van der Waals surface area contributed by atoms with Gasteiger partial charge in [-0.1, -0.05) is 0 Å². The van der Waals surface area contributed by atoms with Gasteiger partial charge >= 0.3 is 5.97 Å². The second-order valence-corrected chi connectivity index (χ2v) is 8.12. The molecule has 2 heterocycles. The summed E-state index contributed by atoms with van der Waals surface area (Å²) < 4.78 is 26.5. The monoisotopic (exact) mass is 318 g/mol. The Labute approximate surface area is 118 Å². The van der Waals surface area contributed by atoms with Crippen LogP contribution in [0.2, 0.25) is 0 Å². The Morgan fingerprint density at radius 3 is 2.74 bits per heavy atom. The van der Waals surface area contributed by atoms with Crippen LogP contribution in [0.25, 0.3) is 0 Å². The highest BCUT2D eigenvalue weighted by Crippen LogP contribution is 2.31. The van der Waals surface area contributed by atoms with E-state index in [1.165, 1.54) is 23.9 Å². The minimum Gasteiger partial charge on any atom is -0.480 e. The minimum atomic E-state index is -3.91. The third-order valence-electron chi connectivity index (χ3n) is 2.72. The molecule has 0 saturated carbocycles. The molecule has 1 aliphatic rings. The van der Waals surface area contributed by atoms with Crippen LogP contribution in [0.4, 0.5) is 0 Å². The van der Waals surface area contributed by atoms with Crippen molar-refractivity contribution in [2.24, 2.45) is 0 Å². The van der Waals surface area contributed by atoms with Crippen LogP contribution in [-0.4, -0.2) is 36.5 Å². The number of thioether (sulfide) groups is 1. The van der Waals surface area contributed by atoms with E-state index in [1.807, 2.05) is 6.07 Å². The van der Waals surface area contributed by atoms with Crippen LogP contribution in [0.1, 0.15) is 11.3 Å². The van der Waals surface area contributed by atoms with Crippen molar-refractivity contribution >= 4 is 39.1 Å². The Bertz CT molecular complexity index is 638. The van der Waals surface area contributed by atoms with E-state index in [4.69, 9.17) is 5.26 Å². The number of aliphatic carboxylic acids is 1. The van der Waals surface area contributed by atoms with Gasteiger partial charge in [-0.05, 0) is 24.3 Å². The smallest absolute Gasteiger partial charge is 0.325 e. The van der Waals surface area contributed by atoms with E-state index in [-0.39, 0.29) is 21.3 Å². The summed E-state index contributed by atoms with van der Waals surface area (Å²) in [5, 5.41) is 17.9. The molecule has 6 nitrogen and oxygen atoms in total. The van der Waals surface area contributed by atoms with Crippen LogP contribution in [0.3, 0.4) is 0 Å². The van der Waals surface area contributed by atoms with E-state index in [9.17, 15) is 18.3 Å². The molecular formula is C10H10N2O4S3. The molecule has 1 aliphatic heterocycles. The van der Waals surface area contributed by atoms with Crippen molar-refractivity contribution < 1.29 is 18.3 Å². The lowest BCUT2D eigenvalue weighted by Gasteiger charge is -2.23. The molecule has 1 saturated heterocycles. The number of thiophene rings is 1. The molecule has 2 rings (SSSR count). The number of nitrogens with zero attached hydrogens (tertiary/aromatic N) is 1. The summed E-state index contributed by atoms with van der Waals surface area (Å²) in [5.74, 6) is -0.362. The Balaban J connectivity index is 2.30. The minimum absolute atomic E-state index is 0.0402. The van der Waals surface area contributed by atoms with Crippen LogP contribution in [-0.2, 0) is 14.8 Å². The summed E-state index contributed by atoms with van der Waals surface area (Å²) >= 11 is 2.22. The summed E-state index contributed by atoms with van der Waals surface area (Å²) in [7, 11) is -3.91. The van der Waals surface area contributed by atoms with E-state index < -0.39 is 21.5 Å². The highest BCUT2D eigenvalue weighted by atomic mass is 32.2. The van der Waals surface area contributed by atoms with Gasteiger partial charge in [-0.25, -0.2) is 8.42 Å². The fourth-order valence-corrected chi connectivity index (χ4v) is 5.60. The Morgan fingerprint density at radius 2 is 2.26 bits per heavy atom. The predicted octanol–water partition coefficient (Wildman–Crippen LogP) is 0.858. The predicted molar refractivity (Wildman–Crippen MR) is 71.7 cm³/mol. The van der Waals surface area contributed by atoms with Crippen molar-refractivity contribution in [3.63, 3.8) is 0 Å². The van der Waals surface area contributed by atoms with Crippen molar-refractivity contribution in [2.75, 3.05) is 11.5 Å². The lowest BCUT2D eigenvalue weighted by Crippen LogP contribution is -2.54. The maximum atomic E-state index is 12.1. The standard InChI is InChI=1S/C10H10N2O4S3/c11-5-7-1-2-8(18-7)19(15,16)12-10(9(13)14)3-4-17-6-10/h1-2,12H,3-4,6H2,(H,13,14). The van der Waals surface area contributed by atoms with Gasteiger partial charge in [0, 0.05) is 5.75 Å². The molecule has 2 N–H and O–H groups in total. The van der Waals surface area contributed by atoms with Crippen molar-refractivity contribution in [2.45, 2.75) is 16.2 Å². The van der Waals surface area contributed by atoms with Gasteiger partial charge in [-0.3, -0.25) is 4.79 Å². The number of carbonyl (C=O) groups is 1. The largest absolute Gasteiger partial charge is 0.480 e. The van der Waals surface area contributed by atoms with Crippen molar-refractivity contribution in [3.8, 4) is 6.07 Å². The number of nitriles is 1. The first-order valence-corrected chi connectivity index (χ1v) is 8.70. The van der Waals surface area contributed by atoms with Crippen LogP contribution in [0, 0.1) is 11.3 Å². The van der Waals surface area contributed by atoms with Crippen LogP contribution >= 0.6 is 23.1 Å². The number of hydrogen-bond donors (Lipinski definition) is 2. The Kier molecular flexibility index (Phi) is 3.87. The zero-order valence-corrected chi connectivity index (χ0v) is 12.1. The molecule has 0 radical (unpaired) electrons. The maximum Gasteiger partial charge on any atom is 0.325 e. The number of hydrogen-bond acceptors (Lipinski definition) is 6. The number of nitrogens with one attached hydrogen (secondary N) is 1. The van der Waals surface area contributed by atoms with E-state index in [2.05, 4.69) is 4.72 Å². The first-order chi connectivity index (χ1) is 8.89. The van der Waals surface area contributed by atoms with Crippen molar-refractivity contribution in [1.29, 1.82) is 5.26 Å².